The Morgan fingerprint density at radius 1 is 1.78 bits per heavy atom. The van der Waals surface area contributed by atoms with E-state index in [-0.39, 0.29) is 0 Å². The van der Waals surface area contributed by atoms with Crippen LogP contribution in [0.25, 0.3) is 0 Å². The van der Waals surface area contributed by atoms with Crippen LogP contribution in [0.15, 0.2) is 0 Å². The normalized spacial score (nSPS) is 13.1. The van der Waals surface area contributed by atoms with Crippen molar-refractivity contribution in [3.05, 3.63) is 0 Å². The Morgan fingerprint density at radius 2 is 2.33 bits per heavy atom. The summed E-state index contributed by atoms with van der Waals surface area (Å²) >= 11 is 2.99. The van der Waals surface area contributed by atoms with Crippen molar-refractivity contribution in [2.24, 2.45) is 5.73 Å². The first-order chi connectivity index (χ1) is 4.18. The molecule has 0 aliphatic carbocycles. The maximum atomic E-state index is 10.1. The zero-order valence-corrected chi connectivity index (χ0v) is 6.60. The average molecular weight is 196 g/mol. The molecular weight excluding hydrogens is 186 g/mol. The first kappa shape index (κ1) is 8.91. The minimum absolute atomic E-state index is 0.430. The Morgan fingerprint density at radius 3 is 2.67 bits per heavy atom. The summed E-state index contributed by atoms with van der Waals surface area (Å²) in [7, 11) is 0. The summed E-state index contributed by atoms with van der Waals surface area (Å²) < 4.78 is 0. The van der Waals surface area contributed by atoms with Gasteiger partial charge in [-0.1, -0.05) is 15.9 Å². The molecule has 0 saturated carbocycles. The predicted molar refractivity (Wildman–Crippen MR) is 38.6 cm³/mol. The van der Waals surface area contributed by atoms with Crippen LogP contribution in [-0.4, -0.2) is 22.4 Å². The summed E-state index contributed by atoms with van der Waals surface area (Å²) in [4.78, 5) is 9.69. The van der Waals surface area contributed by atoms with Crippen molar-refractivity contribution in [1.29, 1.82) is 0 Å². The van der Waals surface area contributed by atoms with Gasteiger partial charge in [0.05, 0.1) is 0 Å². The number of hydrogen-bond donors (Lipinski definition) is 2. The molecule has 9 heavy (non-hydrogen) atoms. The van der Waals surface area contributed by atoms with Crippen LogP contribution >= 0.6 is 15.9 Å². The molecule has 0 saturated heterocycles. The van der Waals surface area contributed by atoms with Crippen LogP contribution in [0.5, 0.6) is 0 Å². The lowest BCUT2D eigenvalue weighted by molar-refractivity contribution is -0.136. The summed E-state index contributed by atoms with van der Waals surface area (Å²) in [5.41, 5.74) is 5.16. The monoisotopic (exact) mass is 195 g/mol. The highest BCUT2D eigenvalue weighted by molar-refractivity contribution is 9.10. The van der Waals surface area contributed by atoms with Crippen LogP contribution in [-0.2, 0) is 4.79 Å². The van der Waals surface area contributed by atoms with Gasteiger partial charge in [0.25, 0.3) is 0 Å². The molecule has 0 aliphatic rings. The molecule has 3 nitrogen and oxygen atoms in total. The molecule has 0 radical (unpaired) electrons. The second-order valence-electron chi connectivity index (χ2n) is 1.74. The Kier molecular flexibility index (Phi) is 4.71. The topological polar surface area (TPSA) is 63.3 Å². The lowest BCUT2D eigenvalue weighted by Crippen LogP contribution is -2.14. The minimum Gasteiger partial charge on any atom is -0.480 e. The maximum absolute atomic E-state index is 10.1. The van der Waals surface area contributed by atoms with E-state index in [1.165, 1.54) is 0 Å². The zero-order valence-electron chi connectivity index (χ0n) is 5.01. The van der Waals surface area contributed by atoms with E-state index in [4.69, 9.17) is 10.8 Å². The molecule has 3 N–H and O–H groups in total. The SMILES string of the molecule is NCCCC(Br)C(=O)O. The molecule has 0 fully saturated rings. The van der Waals surface area contributed by atoms with Crippen LogP contribution in [0, 0.1) is 0 Å². The number of halogens is 1. The average Bonchev–Trinajstić information content (AvgIpc) is 1.82. The third kappa shape index (κ3) is 4.42. The molecule has 0 aliphatic heterocycles. The molecule has 1 atom stereocenters. The van der Waals surface area contributed by atoms with Gasteiger partial charge in [-0.05, 0) is 19.4 Å². The van der Waals surface area contributed by atoms with Crippen LogP contribution in [0.4, 0.5) is 0 Å². The highest BCUT2D eigenvalue weighted by atomic mass is 79.9. The highest BCUT2D eigenvalue weighted by Crippen LogP contribution is 2.06. The number of aliphatic carboxylic acids is 1. The molecule has 54 valence electrons. The van der Waals surface area contributed by atoms with E-state index in [0.717, 1.165) is 6.42 Å². The third-order valence-electron chi connectivity index (χ3n) is 0.930. The smallest absolute Gasteiger partial charge is 0.317 e. The molecule has 4 heteroatoms. The highest BCUT2D eigenvalue weighted by Gasteiger charge is 2.10. The standard InChI is InChI=1S/C5H10BrNO2/c6-4(5(8)9)2-1-3-7/h4H,1-3,7H2,(H,8,9). The molecule has 0 rings (SSSR count). The molecule has 0 heterocycles. The van der Waals surface area contributed by atoms with Crippen molar-refractivity contribution in [2.45, 2.75) is 17.7 Å². The first-order valence-corrected chi connectivity index (χ1v) is 3.67. The number of rotatable bonds is 4. The van der Waals surface area contributed by atoms with Gasteiger partial charge in [0.1, 0.15) is 4.83 Å². The lowest BCUT2D eigenvalue weighted by atomic mass is 10.2. The van der Waals surface area contributed by atoms with Gasteiger partial charge in [-0.25, -0.2) is 0 Å². The number of nitrogens with two attached hydrogens (primary N) is 1. The minimum atomic E-state index is -0.816. The zero-order chi connectivity index (χ0) is 7.28. The predicted octanol–water partition coefficient (Wildman–Crippen LogP) is 0.573. The molecule has 1 unspecified atom stereocenters. The van der Waals surface area contributed by atoms with Crippen molar-refractivity contribution in [3.63, 3.8) is 0 Å². The molecule has 0 aromatic carbocycles. The van der Waals surface area contributed by atoms with Crippen LogP contribution in [0.2, 0.25) is 0 Å². The lowest BCUT2D eigenvalue weighted by Gasteiger charge is -2.00. The van der Waals surface area contributed by atoms with Crippen molar-refractivity contribution in [2.75, 3.05) is 6.54 Å². The number of carbonyl (C=O) groups is 1. The van der Waals surface area contributed by atoms with Crippen LogP contribution in [0.1, 0.15) is 12.8 Å². The second-order valence-corrected chi connectivity index (χ2v) is 2.84. The molecule has 0 spiro atoms. The van der Waals surface area contributed by atoms with Gasteiger partial charge in [-0.3, -0.25) is 4.79 Å². The van der Waals surface area contributed by atoms with Crippen molar-refractivity contribution >= 4 is 21.9 Å². The number of carboxylic acids is 1. The fourth-order valence-corrected chi connectivity index (χ4v) is 0.744. The van der Waals surface area contributed by atoms with E-state index in [2.05, 4.69) is 15.9 Å². The summed E-state index contributed by atoms with van der Waals surface area (Å²) in [6, 6.07) is 0. The van der Waals surface area contributed by atoms with E-state index in [1.807, 2.05) is 0 Å². The number of hydrogen-bond acceptors (Lipinski definition) is 2. The first-order valence-electron chi connectivity index (χ1n) is 2.75. The van der Waals surface area contributed by atoms with E-state index >= 15 is 0 Å². The van der Waals surface area contributed by atoms with E-state index in [1.54, 1.807) is 0 Å². The Bertz CT molecular complexity index is 97.0. The van der Waals surface area contributed by atoms with Gasteiger partial charge >= 0.3 is 5.97 Å². The molecule has 0 amide bonds. The largest absolute Gasteiger partial charge is 0.480 e. The Balaban J connectivity index is 3.27. The fraction of sp³-hybridized carbons (Fsp3) is 0.800. The number of alkyl halides is 1. The van der Waals surface area contributed by atoms with Gasteiger partial charge in [0.2, 0.25) is 0 Å². The second kappa shape index (κ2) is 4.76. The summed E-state index contributed by atoms with van der Waals surface area (Å²) in [5.74, 6) is -0.816. The van der Waals surface area contributed by atoms with Crippen LogP contribution < -0.4 is 5.73 Å². The van der Waals surface area contributed by atoms with Gasteiger partial charge < -0.3 is 10.8 Å². The summed E-state index contributed by atoms with van der Waals surface area (Å²) in [6.45, 7) is 0.551. The van der Waals surface area contributed by atoms with E-state index < -0.39 is 10.8 Å². The molecule has 0 bridgehead atoms. The van der Waals surface area contributed by atoms with Gasteiger partial charge in [-0.2, -0.15) is 0 Å². The van der Waals surface area contributed by atoms with Crippen LogP contribution in [0.3, 0.4) is 0 Å². The van der Waals surface area contributed by atoms with Crippen molar-refractivity contribution in [1.82, 2.24) is 0 Å². The van der Waals surface area contributed by atoms with Gasteiger partial charge in [0, 0.05) is 0 Å². The summed E-state index contributed by atoms with van der Waals surface area (Å²) in [6.07, 6.45) is 1.36. The van der Waals surface area contributed by atoms with Gasteiger partial charge in [0.15, 0.2) is 0 Å². The summed E-state index contributed by atoms with van der Waals surface area (Å²) in [5, 5.41) is 8.32. The molecular formula is C5H10BrNO2. The molecule has 0 aromatic heterocycles. The van der Waals surface area contributed by atoms with E-state index in [9.17, 15) is 4.79 Å². The Labute approximate surface area is 62.4 Å². The van der Waals surface area contributed by atoms with Crippen molar-refractivity contribution in [3.8, 4) is 0 Å². The fourth-order valence-electron chi connectivity index (χ4n) is 0.421. The van der Waals surface area contributed by atoms with E-state index in [0.29, 0.717) is 13.0 Å². The quantitative estimate of drug-likeness (QED) is 0.646. The maximum Gasteiger partial charge on any atom is 0.317 e. The third-order valence-corrected chi connectivity index (χ3v) is 1.78. The number of carboxylic acid groups (broad SMARTS) is 1. The molecule has 0 aromatic rings. The van der Waals surface area contributed by atoms with Crippen molar-refractivity contribution < 1.29 is 9.90 Å². The Hall–Kier alpha value is -0.0900. The van der Waals surface area contributed by atoms with Gasteiger partial charge in [-0.15, -0.1) is 0 Å².